The third-order valence-corrected chi connectivity index (χ3v) is 5.14. The number of hydrogen-bond donors (Lipinski definition) is 1. The van der Waals surface area contributed by atoms with E-state index in [0.29, 0.717) is 17.6 Å². The van der Waals surface area contributed by atoms with Crippen LogP contribution in [-0.2, 0) is 6.42 Å². The smallest absolute Gasteiger partial charge is 0.289 e. The lowest BCUT2D eigenvalue weighted by Crippen LogP contribution is -2.31. The van der Waals surface area contributed by atoms with E-state index >= 15 is 0 Å². The molecule has 0 aliphatic carbocycles. The highest BCUT2D eigenvalue weighted by atomic mass is 16.4. The Hall–Kier alpha value is -2.07. The van der Waals surface area contributed by atoms with Gasteiger partial charge in [-0.3, -0.25) is 4.79 Å². The van der Waals surface area contributed by atoms with Gasteiger partial charge in [0, 0.05) is 31.7 Å². The van der Waals surface area contributed by atoms with E-state index in [9.17, 15) is 4.79 Å². The minimum atomic E-state index is 0.0239. The number of rotatable bonds is 3. The Morgan fingerprint density at radius 3 is 2.48 bits per heavy atom. The van der Waals surface area contributed by atoms with E-state index in [0.717, 1.165) is 43.9 Å². The molecular formula is C19H22N2O2. The summed E-state index contributed by atoms with van der Waals surface area (Å²) in [4.78, 5) is 14.6. The zero-order valence-corrected chi connectivity index (χ0v) is 13.4. The lowest BCUT2D eigenvalue weighted by molar-refractivity contribution is 0.0751. The second-order valence-electron chi connectivity index (χ2n) is 6.60. The number of nitrogens with one attached hydrogen (secondary N) is 1. The van der Waals surface area contributed by atoms with Gasteiger partial charge in [-0.25, -0.2) is 0 Å². The molecular weight excluding hydrogens is 288 g/mol. The molecule has 2 atom stereocenters. The zero-order valence-electron chi connectivity index (χ0n) is 13.4. The Labute approximate surface area is 136 Å². The molecule has 1 aromatic carbocycles. The fraction of sp³-hybridized carbons (Fsp3) is 0.421. The number of carbonyl (C=O) groups is 1. The molecule has 4 nitrogen and oxygen atoms in total. The van der Waals surface area contributed by atoms with E-state index in [2.05, 4.69) is 36.5 Å². The number of fused-ring (bicyclic) bond motifs is 1. The number of furan rings is 1. The summed E-state index contributed by atoms with van der Waals surface area (Å²) in [6.07, 6.45) is 1.02. The van der Waals surface area contributed by atoms with Crippen LogP contribution in [0.5, 0.6) is 0 Å². The van der Waals surface area contributed by atoms with E-state index in [-0.39, 0.29) is 5.91 Å². The summed E-state index contributed by atoms with van der Waals surface area (Å²) in [7, 11) is 0. The second kappa shape index (κ2) is 5.85. The van der Waals surface area contributed by atoms with E-state index < -0.39 is 0 Å². The van der Waals surface area contributed by atoms with Crippen LogP contribution in [0.2, 0.25) is 0 Å². The van der Waals surface area contributed by atoms with Crippen LogP contribution in [-0.4, -0.2) is 37.0 Å². The SMILES string of the molecule is CCc1ccc(-c2ccc(C(=O)N3C[C@H]4CNC[C@H]4C3)o2)cc1. The minimum Gasteiger partial charge on any atom is -0.451 e. The van der Waals surface area contributed by atoms with E-state index in [1.165, 1.54) is 5.56 Å². The number of benzene rings is 1. The molecule has 1 aromatic heterocycles. The summed E-state index contributed by atoms with van der Waals surface area (Å²) < 4.78 is 5.83. The molecule has 0 radical (unpaired) electrons. The first-order valence-electron chi connectivity index (χ1n) is 8.43. The molecule has 2 fully saturated rings. The Morgan fingerprint density at radius 2 is 1.83 bits per heavy atom. The van der Waals surface area contributed by atoms with Crippen LogP contribution >= 0.6 is 0 Å². The van der Waals surface area contributed by atoms with Crippen LogP contribution < -0.4 is 5.32 Å². The Balaban J connectivity index is 1.50. The molecule has 4 heteroatoms. The minimum absolute atomic E-state index is 0.0239. The lowest BCUT2D eigenvalue weighted by Gasteiger charge is -2.15. The van der Waals surface area contributed by atoms with Crippen molar-refractivity contribution >= 4 is 5.91 Å². The van der Waals surface area contributed by atoms with Crippen molar-refractivity contribution in [3.05, 3.63) is 47.7 Å². The highest BCUT2D eigenvalue weighted by Gasteiger charge is 2.38. The van der Waals surface area contributed by atoms with Crippen LogP contribution in [0.25, 0.3) is 11.3 Å². The van der Waals surface area contributed by atoms with Crippen LogP contribution in [0.4, 0.5) is 0 Å². The van der Waals surface area contributed by atoms with Gasteiger partial charge in [-0.15, -0.1) is 0 Å². The number of hydrogen-bond acceptors (Lipinski definition) is 3. The molecule has 2 aliphatic rings. The summed E-state index contributed by atoms with van der Waals surface area (Å²) in [5.74, 6) is 2.45. The summed E-state index contributed by atoms with van der Waals surface area (Å²) >= 11 is 0. The molecule has 120 valence electrons. The lowest BCUT2D eigenvalue weighted by atomic mass is 10.0. The van der Waals surface area contributed by atoms with Gasteiger partial charge in [-0.2, -0.15) is 0 Å². The van der Waals surface area contributed by atoms with Crippen molar-refractivity contribution in [2.45, 2.75) is 13.3 Å². The van der Waals surface area contributed by atoms with Gasteiger partial charge in [0.15, 0.2) is 5.76 Å². The van der Waals surface area contributed by atoms with Crippen molar-refractivity contribution in [3.8, 4) is 11.3 Å². The Bertz CT molecular complexity index is 692. The summed E-state index contributed by atoms with van der Waals surface area (Å²) in [5.41, 5.74) is 2.32. The van der Waals surface area contributed by atoms with Gasteiger partial charge in [0.1, 0.15) is 5.76 Å². The third kappa shape index (κ3) is 2.68. The average molecular weight is 310 g/mol. The number of amides is 1. The molecule has 1 N–H and O–H groups in total. The largest absolute Gasteiger partial charge is 0.451 e. The summed E-state index contributed by atoms with van der Waals surface area (Å²) in [6.45, 7) is 5.89. The molecule has 23 heavy (non-hydrogen) atoms. The fourth-order valence-electron chi connectivity index (χ4n) is 3.69. The number of aryl methyl sites for hydroxylation is 1. The van der Waals surface area contributed by atoms with E-state index in [1.807, 2.05) is 11.0 Å². The third-order valence-electron chi connectivity index (χ3n) is 5.14. The highest BCUT2D eigenvalue weighted by Crippen LogP contribution is 2.29. The average Bonchev–Trinajstić information content (AvgIpc) is 3.29. The van der Waals surface area contributed by atoms with Crippen LogP contribution in [0.3, 0.4) is 0 Å². The summed E-state index contributed by atoms with van der Waals surface area (Å²) in [6, 6.07) is 12.0. The van der Waals surface area contributed by atoms with Gasteiger partial charge in [0.2, 0.25) is 0 Å². The monoisotopic (exact) mass is 310 g/mol. The van der Waals surface area contributed by atoms with Crippen molar-refractivity contribution in [2.75, 3.05) is 26.2 Å². The quantitative estimate of drug-likeness (QED) is 0.948. The van der Waals surface area contributed by atoms with Crippen molar-refractivity contribution < 1.29 is 9.21 Å². The maximum Gasteiger partial charge on any atom is 0.289 e. The second-order valence-corrected chi connectivity index (χ2v) is 6.60. The normalized spacial score (nSPS) is 23.3. The maximum absolute atomic E-state index is 12.6. The zero-order chi connectivity index (χ0) is 15.8. The molecule has 2 aliphatic heterocycles. The van der Waals surface area contributed by atoms with E-state index in [4.69, 9.17) is 4.42 Å². The van der Waals surface area contributed by atoms with Gasteiger partial charge < -0.3 is 14.6 Å². The predicted octanol–water partition coefficient (Wildman–Crippen LogP) is 2.80. The standard InChI is InChI=1S/C19H22N2O2/c1-2-13-3-5-14(6-4-13)17-7-8-18(23-17)19(22)21-11-15-9-20-10-16(15)12-21/h3-8,15-16,20H,2,9-12H2,1H3/t15-,16+. The maximum atomic E-state index is 12.6. The van der Waals surface area contributed by atoms with Crippen molar-refractivity contribution in [3.63, 3.8) is 0 Å². The van der Waals surface area contributed by atoms with Gasteiger partial charge in [0.05, 0.1) is 0 Å². The predicted molar refractivity (Wildman–Crippen MR) is 89.3 cm³/mol. The van der Waals surface area contributed by atoms with Gasteiger partial charge in [0.25, 0.3) is 5.91 Å². The topological polar surface area (TPSA) is 45.5 Å². The van der Waals surface area contributed by atoms with Crippen molar-refractivity contribution in [1.82, 2.24) is 10.2 Å². The van der Waals surface area contributed by atoms with Crippen molar-refractivity contribution in [2.24, 2.45) is 11.8 Å². The van der Waals surface area contributed by atoms with Crippen molar-refractivity contribution in [1.29, 1.82) is 0 Å². The van der Waals surface area contributed by atoms with Crippen LogP contribution in [0.1, 0.15) is 23.0 Å². The first-order valence-corrected chi connectivity index (χ1v) is 8.43. The molecule has 0 saturated carbocycles. The molecule has 0 unspecified atom stereocenters. The molecule has 2 saturated heterocycles. The van der Waals surface area contributed by atoms with E-state index in [1.54, 1.807) is 6.07 Å². The Kier molecular flexibility index (Phi) is 3.69. The highest BCUT2D eigenvalue weighted by molar-refractivity contribution is 5.92. The molecule has 2 aromatic rings. The fourth-order valence-corrected chi connectivity index (χ4v) is 3.69. The Morgan fingerprint density at radius 1 is 1.13 bits per heavy atom. The van der Waals surface area contributed by atoms with Gasteiger partial charge >= 0.3 is 0 Å². The van der Waals surface area contributed by atoms with Gasteiger partial charge in [-0.05, 0) is 36.0 Å². The summed E-state index contributed by atoms with van der Waals surface area (Å²) in [5, 5.41) is 3.40. The molecule has 4 rings (SSSR count). The number of nitrogens with zero attached hydrogens (tertiary/aromatic N) is 1. The molecule has 1 amide bonds. The number of carbonyl (C=O) groups excluding carboxylic acids is 1. The first kappa shape index (κ1) is 14.5. The molecule has 0 bridgehead atoms. The molecule has 3 heterocycles. The molecule has 0 spiro atoms. The van der Waals surface area contributed by atoms with Gasteiger partial charge in [-0.1, -0.05) is 31.2 Å². The number of likely N-dealkylation sites (tertiary alicyclic amines) is 1. The first-order chi connectivity index (χ1) is 11.2. The van der Waals surface area contributed by atoms with Crippen LogP contribution in [0.15, 0.2) is 40.8 Å². The van der Waals surface area contributed by atoms with Crippen LogP contribution in [0, 0.1) is 11.8 Å².